The van der Waals surface area contributed by atoms with Gasteiger partial charge in [0.2, 0.25) is 5.75 Å². The van der Waals surface area contributed by atoms with E-state index in [2.05, 4.69) is 4.52 Å². The summed E-state index contributed by atoms with van der Waals surface area (Å²) < 4.78 is 14.5. The van der Waals surface area contributed by atoms with Crippen LogP contribution in [0.4, 0.5) is 0 Å². The van der Waals surface area contributed by atoms with Gasteiger partial charge in [-0.1, -0.05) is 12.1 Å². The number of rotatable bonds is 2. The van der Waals surface area contributed by atoms with Gasteiger partial charge in [0.1, 0.15) is 0 Å². The number of aromatic hydroxyl groups is 1. The molecule has 4 nitrogen and oxygen atoms in total. The van der Waals surface area contributed by atoms with Crippen LogP contribution in [0, 0.1) is 0 Å². The van der Waals surface area contributed by atoms with Gasteiger partial charge in [-0.3, -0.25) is 0 Å². The second-order valence-electron chi connectivity index (χ2n) is 1.80. The molecule has 58 valence electrons. The summed E-state index contributed by atoms with van der Waals surface area (Å²) in [6.07, 6.45) is 0. The first kappa shape index (κ1) is 7.98. The molecule has 0 aromatic heterocycles. The van der Waals surface area contributed by atoms with Crippen molar-refractivity contribution in [3.63, 3.8) is 0 Å². The van der Waals surface area contributed by atoms with Crippen molar-refractivity contribution in [2.24, 2.45) is 0 Å². The summed E-state index contributed by atoms with van der Waals surface area (Å²) in [5.74, 6) is -0.138. The molecule has 5 heteroatoms. The van der Waals surface area contributed by atoms with Crippen LogP contribution in [0.5, 0.6) is 11.5 Å². The van der Waals surface area contributed by atoms with Crippen molar-refractivity contribution >= 4 is 8.25 Å². The van der Waals surface area contributed by atoms with E-state index in [1.807, 2.05) is 0 Å². The van der Waals surface area contributed by atoms with E-state index in [1.54, 1.807) is 12.1 Å². The second kappa shape index (κ2) is 3.32. The minimum absolute atomic E-state index is 0.0103. The molecule has 0 bridgehead atoms. The van der Waals surface area contributed by atoms with Gasteiger partial charge in [0, 0.05) is 4.57 Å². The summed E-state index contributed by atoms with van der Waals surface area (Å²) in [7, 11) is -2.70. The lowest BCUT2D eigenvalue weighted by molar-refractivity contribution is 0.389. The van der Waals surface area contributed by atoms with Crippen LogP contribution in [0.1, 0.15) is 0 Å². The minimum atomic E-state index is -2.70. The summed E-state index contributed by atoms with van der Waals surface area (Å²) in [5.41, 5.74) is 0. The van der Waals surface area contributed by atoms with E-state index < -0.39 is 8.25 Å². The average Bonchev–Trinajstić information content (AvgIpc) is 1.93. The molecular formula is C6H6O4P+. The number of para-hydroxylation sites is 2. The topological polar surface area (TPSA) is 66.8 Å². The van der Waals surface area contributed by atoms with Crippen molar-refractivity contribution in [2.45, 2.75) is 0 Å². The lowest BCUT2D eigenvalue weighted by Crippen LogP contribution is -1.79. The Balaban J connectivity index is 2.86. The highest BCUT2D eigenvalue weighted by Crippen LogP contribution is 2.30. The maximum absolute atomic E-state index is 10.1. The van der Waals surface area contributed by atoms with Gasteiger partial charge in [-0.25, -0.2) is 4.52 Å². The van der Waals surface area contributed by atoms with Crippen LogP contribution >= 0.6 is 8.25 Å². The van der Waals surface area contributed by atoms with Crippen molar-refractivity contribution in [3.8, 4) is 11.5 Å². The van der Waals surface area contributed by atoms with Gasteiger partial charge in [0.15, 0.2) is 5.75 Å². The maximum atomic E-state index is 10.1. The van der Waals surface area contributed by atoms with E-state index in [0.717, 1.165) is 0 Å². The van der Waals surface area contributed by atoms with E-state index in [9.17, 15) is 4.57 Å². The molecule has 1 unspecified atom stereocenters. The third-order valence-corrected chi connectivity index (χ3v) is 1.39. The molecule has 1 atom stereocenters. The summed E-state index contributed by atoms with van der Waals surface area (Å²) in [4.78, 5) is 8.31. The van der Waals surface area contributed by atoms with Crippen LogP contribution in [0.2, 0.25) is 0 Å². The second-order valence-corrected chi connectivity index (χ2v) is 2.46. The van der Waals surface area contributed by atoms with Crippen LogP contribution in [-0.2, 0) is 4.57 Å². The van der Waals surface area contributed by atoms with Crippen LogP contribution in [0.25, 0.3) is 0 Å². The quantitative estimate of drug-likeness (QED) is 0.663. The molecule has 0 saturated carbocycles. The molecule has 0 spiro atoms. The van der Waals surface area contributed by atoms with Gasteiger partial charge in [-0.05, 0) is 12.1 Å². The fraction of sp³-hybridized carbons (Fsp3) is 0. The molecule has 0 aliphatic carbocycles. The zero-order valence-electron chi connectivity index (χ0n) is 5.47. The predicted molar refractivity (Wildman–Crippen MR) is 38.6 cm³/mol. The van der Waals surface area contributed by atoms with Crippen molar-refractivity contribution in [1.29, 1.82) is 0 Å². The third-order valence-electron chi connectivity index (χ3n) is 1.04. The highest BCUT2D eigenvalue weighted by molar-refractivity contribution is 7.32. The number of hydrogen-bond donors (Lipinski definition) is 2. The van der Waals surface area contributed by atoms with Gasteiger partial charge < -0.3 is 5.11 Å². The molecule has 1 aromatic rings. The first-order valence-electron chi connectivity index (χ1n) is 2.82. The Morgan fingerprint density at radius 2 is 2.00 bits per heavy atom. The molecule has 0 saturated heterocycles. The Morgan fingerprint density at radius 1 is 1.36 bits per heavy atom. The van der Waals surface area contributed by atoms with E-state index in [1.165, 1.54) is 12.1 Å². The van der Waals surface area contributed by atoms with Gasteiger partial charge in [-0.2, -0.15) is 0 Å². The zero-order valence-corrected chi connectivity index (χ0v) is 6.36. The molecular weight excluding hydrogens is 167 g/mol. The monoisotopic (exact) mass is 173 g/mol. The molecule has 0 amide bonds. The average molecular weight is 173 g/mol. The third kappa shape index (κ3) is 2.18. The zero-order chi connectivity index (χ0) is 8.27. The van der Waals surface area contributed by atoms with Crippen molar-refractivity contribution in [1.82, 2.24) is 0 Å². The SMILES string of the molecule is O=[P+](O)Oc1ccccc1O. The van der Waals surface area contributed by atoms with E-state index >= 15 is 0 Å². The van der Waals surface area contributed by atoms with Crippen LogP contribution in [0.15, 0.2) is 24.3 Å². The van der Waals surface area contributed by atoms with Gasteiger partial charge >= 0.3 is 8.25 Å². The molecule has 1 rings (SSSR count). The van der Waals surface area contributed by atoms with Crippen molar-refractivity contribution < 1.29 is 19.1 Å². The molecule has 0 radical (unpaired) electrons. The summed E-state index contributed by atoms with van der Waals surface area (Å²) in [6.45, 7) is 0. The predicted octanol–water partition coefficient (Wildman–Crippen LogP) is 1.42. The molecule has 11 heavy (non-hydrogen) atoms. The van der Waals surface area contributed by atoms with Gasteiger partial charge in [0.25, 0.3) is 0 Å². The molecule has 0 fully saturated rings. The number of phenols is 1. The fourth-order valence-corrected chi connectivity index (χ4v) is 0.941. The number of hydrogen-bond acceptors (Lipinski definition) is 3. The summed E-state index contributed by atoms with van der Waals surface area (Å²) in [6, 6.07) is 5.95. The highest BCUT2D eigenvalue weighted by Gasteiger charge is 2.16. The largest absolute Gasteiger partial charge is 0.747 e. The molecule has 2 N–H and O–H groups in total. The van der Waals surface area contributed by atoms with Gasteiger partial charge in [-0.15, -0.1) is 4.89 Å². The highest BCUT2D eigenvalue weighted by atomic mass is 31.1. The molecule has 0 aliphatic heterocycles. The fourth-order valence-electron chi connectivity index (χ4n) is 0.618. The Hall–Kier alpha value is -1.12. The Bertz CT molecular complexity index is 273. The first-order valence-corrected chi connectivity index (χ1v) is 3.95. The van der Waals surface area contributed by atoms with E-state index in [4.69, 9.17) is 10.00 Å². The minimum Gasteiger partial charge on any atom is -0.504 e. The Morgan fingerprint density at radius 3 is 2.55 bits per heavy atom. The standard InChI is InChI=1S/C6H5O4P/c7-5-3-1-2-4-6(5)10-11(8)9/h1-4H,(H-,7,8,9)/p+1. The molecule has 0 heterocycles. The van der Waals surface area contributed by atoms with E-state index in [0.29, 0.717) is 0 Å². The van der Waals surface area contributed by atoms with E-state index in [-0.39, 0.29) is 11.5 Å². The summed E-state index contributed by atoms with van der Waals surface area (Å²) >= 11 is 0. The molecule has 0 aliphatic rings. The van der Waals surface area contributed by atoms with Crippen LogP contribution < -0.4 is 4.52 Å². The Labute approximate surface area is 64.0 Å². The number of benzene rings is 1. The van der Waals surface area contributed by atoms with Crippen molar-refractivity contribution in [3.05, 3.63) is 24.3 Å². The van der Waals surface area contributed by atoms with Crippen LogP contribution in [-0.4, -0.2) is 10.00 Å². The smallest absolute Gasteiger partial charge is 0.504 e. The van der Waals surface area contributed by atoms with Gasteiger partial charge in [0.05, 0.1) is 0 Å². The molecule has 1 aromatic carbocycles. The lowest BCUT2D eigenvalue weighted by atomic mass is 10.3. The number of phenolic OH excluding ortho intramolecular Hbond substituents is 1. The van der Waals surface area contributed by atoms with Crippen LogP contribution in [0.3, 0.4) is 0 Å². The maximum Gasteiger partial charge on any atom is 0.747 e. The first-order chi connectivity index (χ1) is 5.20. The lowest BCUT2D eigenvalue weighted by Gasteiger charge is -1.92. The summed E-state index contributed by atoms with van der Waals surface area (Å²) in [5, 5.41) is 8.99. The normalized spacial score (nSPS) is 10.8. The van der Waals surface area contributed by atoms with Crippen molar-refractivity contribution in [2.75, 3.05) is 0 Å². The Kier molecular flexibility index (Phi) is 2.41.